The van der Waals surface area contributed by atoms with Gasteiger partial charge < -0.3 is 30.5 Å². The normalized spacial score (nSPS) is 20.4. The topological polar surface area (TPSA) is 110 Å². The van der Waals surface area contributed by atoms with Gasteiger partial charge >= 0.3 is 0 Å². The first kappa shape index (κ1) is 12.5. The van der Waals surface area contributed by atoms with Crippen molar-refractivity contribution in [3.05, 3.63) is 0 Å². The second-order valence-electron chi connectivity index (χ2n) is 2.68. The Hall–Kier alpha value is -0.530. The molecule has 13 heavy (non-hydrogen) atoms. The number of aldehydes is 1. The van der Waals surface area contributed by atoms with Crippen molar-refractivity contribution in [2.75, 3.05) is 13.7 Å². The van der Waals surface area contributed by atoms with Gasteiger partial charge in [0, 0.05) is 0 Å². The van der Waals surface area contributed by atoms with Gasteiger partial charge in [-0.05, 0) is 7.05 Å². The summed E-state index contributed by atoms with van der Waals surface area (Å²) < 4.78 is 0. The molecule has 0 aromatic rings. The first-order chi connectivity index (χ1) is 6.08. The summed E-state index contributed by atoms with van der Waals surface area (Å²) in [5.74, 6) is 0. The molecule has 0 saturated heterocycles. The molecule has 0 amide bonds. The van der Waals surface area contributed by atoms with Crippen molar-refractivity contribution in [1.29, 1.82) is 0 Å². The van der Waals surface area contributed by atoms with Crippen LogP contribution in [0.4, 0.5) is 0 Å². The molecule has 0 spiro atoms. The monoisotopic (exact) mass is 193 g/mol. The second-order valence-corrected chi connectivity index (χ2v) is 2.68. The van der Waals surface area contributed by atoms with Crippen LogP contribution in [-0.4, -0.2) is 64.7 Å². The van der Waals surface area contributed by atoms with E-state index in [1.54, 1.807) is 0 Å². The second kappa shape index (κ2) is 6.01. The van der Waals surface area contributed by atoms with Crippen LogP contribution in [0.25, 0.3) is 0 Å². The van der Waals surface area contributed by atoms with Crippen LogP contribution in [0, 0.1) is 0 Å². The molecule has 0 aromatic carbocycles. The molecule has 0 rings (SSSR count). The minimum absolute atomic E-state index is 0.415. The Labute approximate surface area is 75.8 Å². The highest BCUT2D eigenvalue weighted by atomic mass is 16.4. The molecule has 0 unspecified atom stereocenters. The first-order valence-corrected chi connectivity index (χ1v) is 3.86. The van der Waals surface area contributed by atoms with E-state index in [0.717, 1.165) is 0 Å². The van der Waals surface area contributed by atoms with Crippen LogP contribution >= 0.6 is 0 Å². The van der Waals surface area contributed by atoms with E-state index in [0.29, 0.717) is 6.29 Å². The number of carbonyl (C=O) groups excluding carboxylic acids is 1. The van der Waals surface area contributed by atoms with E-state index in [1.165, 1.54) is 7.05 Å². The number of nitrogens with one attached hydrogen (secondary N) is 1. The summed E-state index contributed by atoms with van der Waals surface area (Å²) in [6.07, 6.45) is -4.03. The Morgan fingerprint density at radius 1 is 1.31 bits per heavy atom. The van der Waals surface area contributed by atoms with Gasteiger partial charge in [0.25, 0.3) is 0 Å². The van der Waals surface area contributed by atoms with Crippen LogP contribution in [0.5, 0.6) is 0 Å². The van der Waals surface area contributed by atoms with Crippen molar-refractivity contribution in [1.82, 2.24) is 5.32 Å². The lowest BCUT2D eigenvalue weighted by molar-refractivity contribution is -0.119. The number of carbonyl (C=O) groups is 1. The third kappa shape index (κ3) is 3.37. The summed E-state index contributed by atoms with van der Waals surface area (Å²) in [5.41, 5.74) is 0. The lowest BCUT2D eigenvalue weighted by atomic mass is 10.0. The standard InChI is InChI=1S/C7H15NO5/c1-8-4(2-9)6(12)7(13)5(11)3-10/h2,4-8,10-13H,3H2,1H3/t4-,5+,6-,7-/m0/s1. The lowest BCUT2D eigenvalue weighted by Crippen LogP contribution is -2.51. The number of aliphatic hydroxyl groups is 4. The SMILES string of the molecule is CN[C@@H](C=O)[C@H](O)[C@@H](O)[C@H](O)CO. The molecule has 0 aromatic heterocycles. The van der Waals surface area contributed by atoms with Gasteiger partial charge in [-0.1, -0.05) is 0 Å². The molecule has 5 N–H and O–H groups in total. The zero-order valence-corrected chi connectivity index (χ0v) is 7.29. The van der Waals surface area contributed by atoms with Crippen molar-refractivity contribution in [3.63, 3.8) is 0 Å². The smallest absolute Gasteiger partial charge is 0.139 e. The Balaban J connectivity index is 4.21. The maximum absolute atomic E-state index is 10.3. The van der Waals surface area contributed by atoms with Crippen LogP contribution in [0.15, 0.2) is 0 Å². The van der Waals surface area contributed by atoms with Crippen LogP contribution in [0.3, 0.4) is 0 Å². The number of likely N-dealkylation sites (N-methyl/N-ethyl adjacent to an activating group) is 1. The van der Waals surface area contributed by atoms with E-state index in [4.69, 9.17) is 15.3 Å². The van der Waals surface area contributed by atoms with Crippen molar-refractivity contribution in [2.24, 2.45) is 0 Å². The molecule has 0 aliphatic carbocycles. The summed E-state index contributed by atoms with van der Waals surface area (Å²) in [4.78, 5) is 10.3. The van der Waals surface area contributed by atoms with Crippen LogP contribution in [-0.2, 0) is 4.79 Å². The quantitative estimate of drug-likeness (QED) is 0.285. The summed E-state index contributed by atoms with van der Waals surface area (Å²) in [6.45, 7) is -0.673. The number of hydrogen-bond acceptors (Lipinski definition) is 6. The van der Waals surface area contributed by atoms with Gasteiger partial charge in [0.05, 0.1) is 12.6 Å². The summed E-state index contributed by atoms with van der Waals surface area (Å²) in [7, 11) is 1.43. The highest BCUT2D eigenvalue weighted by Gasteiger charge is 2.29. The first-order valence-electron chi connectivity index (χ1n) is 3.86. The molecule has 78 valence electrons. The van der Waals surface area contributed by atoms with E-state index < -0.39 is 31.0 Å². The van der Waals surface area contributed by atoms with E-state index in [-0.39, 0.29) is 0 Å². The molecular weight excluding hydrogens is 178 g/mol. The highest BCUT2D eigenvalue weighted by Crippen LogP contribution is 2.03. The van der Waals surface area contributed by atoms with Gasteiger partial charge in [-0.25, -0.2) is 0 Å². The average molecular weight is 193 g/mol. The zero-order chi connectivity index (χ0) is 10.4. The molecule has 0 bridgehead atoms. The molecule has 0 saturated carbocycles. The van der Waals surface area contributed by atoms with Gasteiger partial charge in [0.1, 0.15) is 24.6 Å². The zero-order valence-electron chi connectivity index (χ0n) is 7.29. The van der Waals surface area contributed by atoms with Gasteiger partial charge in [0.15, 0.2) is 0 Å². The highest BCUT2D eigenvalue weighted by molar-refractivity contribution is 5.58. The van der Waals surface area contributed by atoms with Gasteiger partial charge in [-0.3, -0.25) is 0 Å². The summed E-state index contributed by atoms with van der Waals surface area (Å²) in [6, 6.07) is -0.962. The fourth-order valence-electron chi connectivity index (χ4n) is 0.867. The Bertz CT molecular complexity index is 154. The molecule has 0 heterocycles. The third-order valence-electron chi connectivity index (χ3n) is 1.78. The molecular formula is C7H15NO5. The number of hydrogen-bond donors (Lipinski definition) is 5. The Kier molecular flexibility index (Phi) is 5.76. The van der Waals surface area contributed by atoms with Crippen molar-refractivity contribution >= 4 is 6.29 Å². The Morgan fingerprint density at radius 2 is 1.85 bits per heavy atom. The molecule has 0 aliphatic heterocycles. The maximum Gasteiger partial charge on any atom is 0.139 e. The summed E-state index contributed by atoms with van der Waals surface area (Å²) in [5, 5.41) is 38.2. The average Bonchev–Trinajstić information content (AvgIpc) is 2.17. The number of aliphatic hydroxyl groups excluding tert-OH is 4. The van der Waals surface area contributed by atoms with E-state index in [2.05, 4.69) is 5.32 Å². The van der Waals surface area contributed by atoms with Crippen molar-refractivity contribution < 1.29 is 25.2 Å². The van der Waals surface area contributed by atoms with E-state index in [1.807, 2.05) is 0 Å². The predicted octanol–water partition coefficient (Wildman–Crippen LogP) is -3.15. The molecule has 6 nitrogen and oxygen atoms in total. The predicted molar refractivity (Wildman–Crippen MR) is 44.0 cm³/mol. The molecule has 0 fully saturated rings. The van der Waals surface area contributed by atoms with Crippen LogP contribution < -0.4 is 5.32 Å². The van der Waals surface area contributed by atoms with E-state index in [9.17, 15) is 9.90 Å². The molecule has 6 heteroatoms. The fourth-order valence-corrected chi connectivity index (χ4v) is 0.867. The minimum Gasteiger partial charge on any atom is -0.394 e. The largest absolute Gasteiger partial charge is 0.394 e. The third-order valence-corrected chi connectivity index (χ3v) is 1.78. The number of rotatable bonds is 6. The van der Waals surface area contributed by atoms with Crippen molar-refractivity contribution in [2.45, 2.75) is 24.4 Å². The van der Waals surface area contributed by atoms with E-state index >= 15 is 0 Å². The van der Waals surface area contributed by atoms with Gasteiger partial charge in [-0.2, -0.15) is 0 Å². The minimum atomic E-state index is -1.55. The summed E-state index contributed by atoms with van der Waals surface area (Å²) >= 11 is 0. The van der Waals surface area contributed by atoms with Crippen LogP contribution in [0.1, 0.15) is 0 Å². The molecule has 0 aliphatic rings. The van der Waals surface area contributed by atoms with Crippen molar-refractivity contribution in [3.8, 4) is 0 Å². The molecule has 4 atom stereocenters. The molecule has 0 radical (unpaired) electrons. The Morgan fingerprint density at radius 3 is 2.15 bits per heavy atom. The fraction of sp³-hybridized carbons (Fsp3) is 0.857. The van der Waals surface area contributed by atoms with Gasteiger partial charge in [0.2, 0.25) is 0 Å². The van der Waals surface area contributed by atoms with Gasteiger partial charge in [-0.15, -0.1) is 0 Å². The maximum atomic E-state index is 10.3. The van der Waals surface area contributed by atoms with Crippen LogP contribution in [0.2, 0.25) is 0 Å². The lowest BCUT2D eigenvalue weighted by Gasteiger charge is -2.25.